The van der Waals surface area contributed by atoms with Gasteiger partial charge < -0.3 is 16.8 Å². The minimum Gasteiger partial charge on any atom is -0.398 e. The zero-order chi connectivity index (χ0) is 15.8. The number of nitrogens with one attached hydrogen (secondary N) is 2. The van der Waals surface area contributed by atoms with Gasteiger partial charge in [0.1, 0.15) is 5.84 Å². The monoisotopic (exact) mass is 304 g/mol. The predicted molar refractivity (Wildman–Crippen MR) is 91.4 cm³/mol. The summed E-state index contributed by atoms with van der Waals surface area (Å²) in [6.45, 7) is 3.88. The quantitative estimate of drug-likeness (QED) is 0.366. The Labute approximate surface area is 130 Å². The van der Waals surface area contributed by atoms with E-state index >= 15 is 0 Å². The lowest BCUT2D eigenvalue weighted by atomic mass is 10.1. The molecule has 1 rings (SSSR count). The van der Waals surface area contributed by atoms with Crippen molar-refractivity contribution in [2.24, 2.45) is 11.5 Å². The van der Waals surface area contributed by atoms with Crippen LogP contribution in [0.4, 0.5) is 5.69 Å². The highest BCUT2D eigenvalue weighted by Crippen LogP contribution is 2.22. The molecule has 0 aromatic heterocycles. The molecule has 0 aliphatic rings. The van der Waals surface area contributed by atoms with Gasteiger partial charge in [-0.3, -0.25) is 5.41 Å². The summed E-state index contributed by atoms with van der Waals surface area (Å²) in [5, 5.41) is 11.4. The minimum absolute atomic E-state index is 0.0565. The average molecular weight is 305 g/mol. The van der Waals surface area contributed by atoms with Crippen molar-refractivity contribution in [2.75, 3.05) is 5.32 Å². The molecule has 112 valence electrons. The molecule has 4 nitrogen and oxygen atoms in total. The summed E-state index contributed by atoms with van der Waals surface area (Å²) < 4.78 is 0. The minimum atomic E-state index is -0.0565. The van der Waals surface area contributed by atoms with Crippen LogP contribution in [0.1, 0.15) is 20.3 Å². The maximum atomic E-state index is 7.58. The summed E-state index contributed by atoms with van der Waals surface area (Å²) in [4.78, 5) is 0. The van der Waals surface area contributed by atoms with Crippen LogP contribution in [0.15, 0.2) is 59.5 Å². The molecule has 0 aliphatic heterocycles. The Morgan fingerprint density at radius 3 is 2.52 bits per heavy atom. The first-order valence-electron chi connectivity index (χ1n) is 6.66. The van der Waals surface area contributed by atoms with E-state index in [2.05, 4.69) is 5.32 Å². The van der Waals surface area contributed by atoms with Crippen molar-refractivity contribution in [3.63, 3.8) is 0 Å². The molecule has 0 heterocycles. The second-order valence-electron chi connectivity index (χ2n) is 4.52. The molecule has 0 radical (unpaired) electrons. The second-order valence-corrected chi connectivity index (χ2v) is 4.92. The fourth-order valence-electron chi connectivity index (χ4n) is 1.70. The van der Waals surface area contributed by atoms with Gasteiger partial charge in [-0.05, 0) is 37.6 Å². The van der Waals surface area contributed by atoms with Crippen molar-refractivity contribution in [1.29, 1.82) is 5.41 Å². The van der Waals surface area contributed by atoms with Crippen molar-refractivity contribution in [3.05, 3.63) is 64.5 Å². The number of hydrogen-bond donors (Lipinski definition) is 4. The number of nitrogens with two attached hydrogens (primary N) is 2. The highest BCUT2D eigenvalue weighted by atomic mass is 35.5. The van der Waals surface area contributed by atoms with E-state index in [0.29, 0.717) is 16.3 Å². The maximum Gasteiger partial charge on any atom is 0.124 e. The van der Waals surface area contributed by atoms with E-state index in [1.54, 1.807) is 6.08 Å². The third-order valence-electron chi connectivity index (χ3n) is 2.73. The van der Waals surface area contributed by atoms with Crippen LogP contribution in [0.5, 0.6) is 0 Å². The number of anilines is 1. The van der Waals surface area contributed by atoms with Gasteiger partial charge in [-0.25, -0.2) is 0 Å². The van der Waals surface area contributed by atoms with Crippen LogP contribution in [0.25, 0.3) is 0 Å². The molecule has 5 heteroatoms. The number of allylic oxidation sites excluding steroid dienone is 4. The number of para-hydroxylation sites is 1. The van der Waals surface area contributed by atoms with Crippen LogP contribution < -0.4 is 16.8 Å². The molecule has 0 saturated carbocycles. The van der Waals surface area contributed by atoms with E-state index in [-0.39, 0.29) is 5.84 Å². The third kappa shape index (κ3) is 5.36. The lowest BCUT2D eigenvalue weighted by Gasteiger charge is -2.08. The fraction of sp³-hybridized carbons (Fsp3) is 0.188. The van der Waals surface area contributed by atoms with Gasteiger partial charge in [0.25, 0.3) is 0 Å². The van der Waals surface area contributed by atoms with Crippen LogP contribution >= 0.6 is 11.6 Å². The average Bonchev–Trinajstić information content (AvgIpc) is 2.41. The standard InChI is InChI=1S/C16H21ClN4/c1-3-6-14(18)12(16(19)20)10-9-11(2)21-15-8-5-4-7-13(15)17/h4-10,21H,3,18H2,1-2H3,(H3,19,20)/b11-9+,12-10+,14-6-. The molecule has 0 saturated heterocycles. The molecule has 0 unspecified atom stereocenters. The highest BCUT2D eigenvalue weighted by Gasteiger charge is 2.03. The summed E-state index contributed by atoms with van der Waals surface area (Å²) in [5.74, 6) is -0.0565. The van der Waals surface area contributed by atoms with Crippen molar-refractivity contribution < 1.29 is 0 Å². The van der Waals surface area contributed by atoms with Crippen LogP contribution in [0.2, 0.25) is 5.02 Å². The largest absolute Gasteiger partial charge is 0.398 e. The van der Waals surface area contributed by atoms with Crippen molar-refractivity contribution in [2.45, 2.75) is 20.3 Å². The van der Waals surface area contributed by atoms with Gasteiger partial charge >= 0.3 is 0 Å². The van der Waals surface area contributed by atoms with E-state index in [1.807, 2.05) is 50.3 Å². The molecule has 0 bridgehead atoms. The molecular formula is C16H21ClN4. The third-order valence-corrected chi connectivity index (χ3v) is 3.06. The van der Waals surface area contributed by atoms with E-state index < -0.39 is 0 Å². The van der Waals surface area contributed by atoms with Crippen LogP contribution in [0.3, 0.4) is 0 Å². The van der Waals surface area contributed by atoms with Gasteiger partial charge in [-0.1, -0.05) is 36.7 Å². The molecular weight excluding hydrogens is 284 g/mol. The summed E-state index contributed by atoms with van der Waals surface area (Å²) in [5.41, 5.74) is 14.2. The Balaban J connectivity index is 2.94. The molecule has 0 fully saturated rings. The number of hydrogen-bond acceptors (Lipinski definition) is 3. The lowest BCUT2D eigenvalue weighted by molar-refractivity contribution is 1.17. The molecule has 0 spiro atoms. The molecule has 21 heavy (non-hydrogen) atoms. The SMILES string of the molecule is CC/C=C(N)/C(=C\C=C(/C)Nc1ccccc1Cl)C(=N)N. The van der Waals surface area contributed by atoms with Gasteiger partial charge in [-0.15, -0.1) is 0 Å². The summed E-state index contributed by atoms with van der Waals surface area (Å²) in [6.07, 6.45) is 6.16. The zero-order valence-corrected chi connectivity index (χ0v) is 13.0. The van der Waals surface area contributed by atoms with Crippen molar-refractivity contribution in [3.8, 4) is 0 Å². The van der Waals surface area contributed by atoms with Gasteiger partial charge in [0.05, 0.1) is 10.7 Å². The Bertz CT molecular complexity index is 600. The van der Waals surface area contributed by atoms with Gasteiger partial charge in [0, 0.05) is 17.0 Å². The predicted octanol–water partition coefficient (Wildman–Crippen LogP) is 3.77. The first kappa shape index (κ1) is 16.9. The Kier molecular flexibility index (Phi) is 6.56. The molecule has 1 aromatic carbocycles. The Morgan fingerprint density at radius 1 is 1.29 bits per heavy atom. The van der Waals surface area contributed by atoms with E-state index in [9.17, 15) is 0 Å². The molecule has 1 aromatic rings. The van der Waals surface area contributed by atoms with Crippen LogP contribution in [-0.2, 0) is 0 Å². The maximum absolute atomic E-state index is 7.58. The number of halogens is 1. The van der Waals surface area contributed by atoms with Crippen LogP contribution in [-0.4, -0.2) is 5.84 Å². The van der Waals surface area contributed by atoms with E-state index in [4.69, 9.17) is 28.5 Å². The van der Waals surface area contributed by atoms with E-state index in [1.165, 1.54) is 0 Å². The Morgan fingerprint density at radius 2 is 1.95 bits per heavy atom. The number of benzene rings is 1. The summed E-state index contributed by atoms with van der Waals surface area (Å²) in [7, 11) is 0. The number of rotatable bonds is 6. The van der Waals surface area contributed by atoms with Crippen molar-refractivity contribution in [1.82, 2.24) is 0 Å². The van der Waals surface area contributed by atoms with Crippen LogP contribution in [0, 0.1) is 5.41 Å². The second kappa shape index (κ2) is 8.17. The first-order valence-corrected chi connectivity index (χ1v) is 7.04. The topological polar surface area (TPSA) is 87.9 Å². The summed E-state index contributed by atoms with van der Waals surface area (Å²) >= 11 is 6.08. The smallest absolute Gasteiger partial charge is 0.124 e. The lowest BCUT2D eigenvalue weighted by Crippen LogP contribution is -2.18. The molecule has 6 N–H and O–H groups in total. The molecule has 0 atom stereocenters. The zero-order valence-electron chi connectivity index (χ0n) is 12.3. The van der Waals surface area contributed by atoms with Gasteiger partial charge in [0.15, 0.2) is 0 Å². The first-order chi connectivity index (χ1) is 9.95. The van der Waals surface area contributed by atoms with Gasteiger partial charge in [0.2, 0.25) is 0 Å². The fourth-order valence-corrected chi connectivity index (χ4v) is 1.88. The molecule has 0 aliphatic carbocycles. The summed E-state index contributed by atoms with van der Waals surface area (Å²) in [6, 6.07) is 7.48. The Hall–Kier alpha value is -2.20. The van der Waals surface area contributed by atoms with Crippen molar-refractivity contribution >= 4 is 23.1 Å². The highest BCUT2D eigenvalue weighted by molar-refractivity contribution is 6.33. The molecule has 0 amide bonds. The van der Waals surface area contributed by atoms with E-state index in [0.717, 1.165) is 17.8 Å². The van der Waals surface area contributed by atoms with Gasteiger partial charge in [-0.2, -0.15) is 0 Å². The number of amidine groups is 1. The normalized spacial score (nSPS) is 13.2.